The van der Waals surface area contributed by atoms with Crippen LogP contribution < -0.4 is 10.5 Å². The first kappa shape index (κ1) is 13.7. The molecule has 1 atom stereocenters. The first-order valence-corrected chi connectivity index (χ1v) is 7.47. The van der Waals surface area contributed by atoms with Crippen molar-refractivity contribution < 1.29 is 12.8 Å². The topological polar surface area (TPSA) is 72.2 Å². The van der Waals surface area contributed by atoms with Gasteiger partial charge >= 0.3 is 0 Å². The number of nitrogens with one attached hydrogen (secondary N) is 1. The predicted molar refractivity (Wildman–Crippen MR) is 67.3 cm³/mol. The van der Waals surface area contributed by atoms with E-state index in [1.54, 1.807) is 0 Å². The number of hydrogen-bond donors (Lipinski definition) is 2. The summed E-state index contributed by atoms with van der Waals surface area (Å²) < 4.78 is 39.8. The van der Waals surface area contributed by atoms with Crippen LogP contribution in [0.1, 0.15) is 12.8 Å². The van der Waals surface area contributed by atoms with Crippen LogP contribution in [0.25, 0.3) is 0 Å². The zero-order valence-corrected chi connectivity index (χ0v) is 11.1. The molecule has 1 aromatic carbocycles. The summed E-state index contributed by atoms with van der Waals surface area (Å²) in [5.74, 6) is -0.368. The Kier molecular flexibility index (Phi) is 3.91. The molecule has 0 saturated heterocycles. The molecular weight excluding hydrogens is 279 g/mol. The van der Waals surface area contributed by atoms with Crippen LogP contribution >= 0.6 is 11.6 Å². The van der Waals surface area contributed by atoms with Gasteiger partial charge in [-0.05, 0) is 37.0 Å². The maximum atomic E-state index is 13.1. The maximum absolute atomic E-state index is 13.1. The summed E-state index contributed by atoms with van der Waals surface area (Å²) in [4.78, 5) is -0.247. The predicted octanol–water partition coefficient (Wildman–Crippen LogP) is 1.49. The Balaban J connectivity index is 2.26. The number of benzene rings is 1. The summed E-state index contributed by atoms with van der Waals surface area (Å²) in [5, 5.41) is -0.00420. The van der Waals surface area contributed by atoms with Crippen molar-refractivity contribution in [1.29, 1.82) is 0 Å². The molecule has 1 aliphatic carbocycles. The standard InChI is InChI=1S/C11H14ClFN2O2S/c12-9-4-3-8(13)5-11(9)18(16,17)15-10(6-14)7-1-2-7/h3-5,7,10,15H,1-2,6,14H2. The average molecular weight is 293 g/mol. The highest BCUT2D eigenvalue weighted by Gasteiger charge is 2.34. The highest BCUT2D eigenvalue weighted by atomic mass is 35.5. The lowest BCUT2D eigenvalue weighted by Crippen LogP contribution is -2.41. The van der Waals surface area contributed by atoms with Crippen LogP contribution in [-0.2, 0) is 10.0 Å². The molecule has 1 aromatic rings. The quantitative estimate of drug-likeness (QED) is 0.864. The Morgan fingerprint density at radius 1 is 1.50 bits per heavy atom. The van der Waals surface area contributed by atoms with E-state index in [-0.39, 0.29) is 28.4 Å². The Morgan fingerprint density at radius 2 is 2.17 bits per heavy atom. The third-order valence-corrected chi connectivity index (χ3v) is 4.91. The van der Waals surface area contributed by atoms with Crippen molar-refractivity contribution in [2.75, 3.05) is 6.54 Å². The van der Waals surface area contributed by atoms with E-state index in [1.807, 2.05) is 0 Å². The number of hydrogen-bond acceptors (Lipinski definition) is 3. The molecule has 1 aliphatic rings. The Bertz CT molecular complexity index is 546. The summed E-state index contributed by atoms with van der Waals surface area (Å²) >= 11 is 5.79. The molecule has 0 aliphatic heterocycles. The molecule has 4 nitrogen and oxygen atoms in total. The lowest BCUT2D eigenvalue weighted by atomic mass is 10.2. The molecule has 0 aromatic heterocycles. The van der Waals surface area contributed by atoms with Crippen molar-refractivity contribution in [3.8, 4) is 0 Å². The fourth-order valence-electron chi connectivity index (χ4n) is 1.78. The molecular formula is C11H14ClFN2O2S. The number of rotatable bonds is 5. The zero-order valence-electron chi connectivity index (χ0n) is 9.57. The smallest absolute Gasteiger partial charge is 0.242 e. The lowest BCUT2D eigenvalue weighted by molar-refractivity contribution is 0.518. The first-order valence-electron chi connectivity index (χ1n) is 5.61. The third kappa shape index (κ3) is 3.00. The number of sulfonamides is 1. The van der Waals surface area contributed by atoms with Gasteiger partial charge in [0.1, 0.15) is 10.7 Å². The van der Waals surface area contributed by atoms with E-state index in [0.717, 1.165) is 25.0 Å². The van der Waals surface area contributed by atoms with E-state index in [2.05, 4.69) is 4.72 Å². The van der Waals surface area contributed by atoms with Gasteiger partial charge in [-0.15, -0.1) is 0 Å². The molecule has 1 unspecified atom stereocenters. The van der Waals surface area contributed by atoms with Gasteiger partial charge in [0.25, 0.3) is 0 Å². The minimum Gasteiger partial charge on any atom is -0.329 e. The van der Waals surface area contributed by atoms with Crippen molar-refractivity contribution in [2.45, 2.75) is 23.8 Å². The van der Waals surface area contributed by atoms with Gasteiger partial charge in [-0.2, -0.15) is 0 Å². The Hall–Kier alpha value is -0.690. The van der Waals surface area contributed by atoms with Gasteiger partial charge in [0.2, 0.25) is 10.0 Å². The van der Waals surface area contributed by atoms with Crippen LogP contribution in [0.15, 0.2) is 23.1 Å². The zero-order chi connectivity index (χ0) is 13.3. The molecule has 3 N–H and O–H groups in total. The van der Waals surface area contributed by atoms with Gasteiger partial charge in [0, 0.05) is 12.6 Å². The second kappa shape index (κ2) is 5.13. The first-order chi connectivity index (χ1) is 8.44. The molecule has 18 heavy (non-hydrogen) atoms. The van der Waals surface area contributed by atoms with Crippen LogP contribution in [0, 0.1) is 11.7 Å². The molecule has 100 valence electrons. The molecule has 1 saturated carbocycles. The highest BCUT2D eigenvalue weighted by molar-refractivity contribution is 7.89. The average Bonchev–Trinajstić information content (AvgIpc) is 3.13. The summed E-state index contributed by atoms with van der Waals surface area (Å²) in [7, 11) is -3.83. The van der Waals surface area contributed by atoms with Gasteiger partial charge in [0.15, 0.2) is 0 Å². The largest absolute Gasteiger partial charge is 0.329 e. The van der Waals surface area contributed by atoms with Gasteiger partial charge in [-0.3, -0.25) is 0 Å². The maximum Gasteiger partial charge on any atom is 0.242 e. The summed E-state index contributed by atoms with van der Waals surface area (Å²) in [6, 6.07) is 2.93. The summed E-state index contributed by atoms with van der Waals surface area (Å²) in [5.41, 5.74) is 5.53. The van der Waals surface area contributed by atoms with E-state index in [4.69, 9.17) is 17.3 Å². The van der Waals surface area contributed by atoms with Crippen LogP contribution in [0.2, 0.25) is 5.02 Å². The molecule has 7 heteroatoms. The molecule has 0 bridgehead atoms. The molecule has 0 heterocycles. The fraction of sp³-hybridized carbons (Fsp3) is 0.455. The van der Waals surface area contributed by atoms with Gasteiger partial charge in [-0.1, -0.05) is 11.6 Å². The second-order valence-corrected chi connectivity index (χ2v) is 6.47. The van der Waals surface area contributed by atoms with Gasteiger partial charge in [-0.25, -0.2) is 17.5 Å². The van der Waals surface area contributed by atoms with E-state index < -0.39 is 15.8 Å². The van der Waals surface area contributed by atoms with E-state index >= 15 is 0 Å². The summed E-state index contributed by atoms with van der Waals surface area (Å²) in [6.07, 6.45) is 1.92. The fourth-order valence-corrected chi connectivity index (χ4v) is 3.61. The van der Waals surface area contributed by atoms with Crippen molar-refractivity contribution >= 4 is 21.6 Å². The van der Waals surface area contributed by atoms with E-state index in [9.17, 15) is 12.8 Å². The number of nitrogens with two attached hydrogens (primary N) is 1. The Morgan fingerprint density at radius 3 is 2.72 bits per heavy atom. The SMILES string of the molecule is NCC(NS(=O)(=O)c1cc(F)ccc1Cl)C1CC1. The van der Waals surface area contributed by atoms with Crippen molar-refractivity contribution in [3.05, 3.63) is 29.0 Å². The van der Waals surface area contributed by atoms with Crippen LogP contribution in [0.4, 0.5) is 4.39 Å². The molecule has 0 amide bonds. The third-order valence-electron chi connectivity index (χ3n) is 2.93. The van der Waals surface area contributed by atoms with Gasteiger partial charge in [0.05, 0.1) is 5.02 Å². The minimum atomic E-state index is -3.83. The Labute approximate surface area is 110 Å². The van der Waals surface area contributed by atoms with Crippen molar-refractivity contribution in [2.24, 2.45) is 11.7 Å². The number of halogens is 2. The normalized spacial score (nSPS) is 17.7. The van der Waals surface area contributed by atoms with Crippen molar-refractivity contribution in [1.82, 2.24) is 4.72 Å². The van der Waals surface area contributed by atoms with Crippen LogP contribution in [-0.4, -0.2) is 21.0 Å². The second-order valence-electron chi connectivity index (χ2n) is 4.38. The molecule has 0 radical (unpaired) electrons. The lowest BCUT2D eigenvalue weighted by Gasteiger charge is -2.16. The molecule has 1 fully saturated rings. The van der Waals surface area contributed by atoms with E-state index in [0.29, 0.717) is 0 Å². The van der Waals surface area contributed by atoms with Crippen LogP contribution in [0.5, 0.6) is 0 Å². The van der Waals surface area contributed by atoms with Crippen LogP contribution in [0.3, 0.4) is 0 Å². The monoisotopic (exact) mass is 292 g/mol. The van der Waals surface area contributed by atoms with Gasteiger partial charge < -0.3 is 5.73 Å². The molecule has 2 rings (SSSR count). The summed E-state index contributed by atoms with van der Waals surface area (Å²) in [6.45, 7) is 0.219. The minimum absolute atomic E-state index is 0.00420. The van der Waals surface area contributed by atoms with E-state index in [1.165, 1.54) is 6.07 Å². The molecule has 0 spiro atoms. The highest BCUT2D eigenvalue weighted by Crippen LogP contribution is 2.33. The van der Waals surface area contributed by atoms with Crippen molar-refractivity contribution in [3.63, 3.8) is 0 Å².